The number of aryl methyl sites for hydroxylation is 2. The van der Waals surface area contributed by atoms with E-state index in [0.717, 1.165) is 21.3 Å². The van der Waals surface area contributed by atoms with E-state index in [9.17, 15) is 9.59 Å². The minimum atomic E-state index is -0.409. The molecule has 0 atom stereocenters. The molecule has 0 bridgehead atoms. The highest BCUT2D eigenvalue weighted by molar-refractivity contribution is 9.10. The fourth-order valence-electron chi connectivity index (χ4n) is 2.83. The summed E-state index contributed by atoms with van der Waals surface area (Å²) in [6, 6.07) is 11.2. The fraction of sp³-hybridized carbons (Fsp3) is 0.300. The van der Waals surface area contributed by atoms with E-state index in [1.807, 2.05) is 44.2 Å². The molecule has 0 aliphatic heterocycles. The van der Waals surface area contributed by atoms with E-state index in [1.54, 1.807) is 18.1 Å². The van der Waals surface area contributed by atoms with Crippen LogP contribution in [0.15, 0.2) is 40.9 Å². The topological polar surface area (TPSA) is 55.8 Å². The zero-order valence-corrected chi connectivity index (χ0v) is 16.9. The SMILES string of the molecule is COC(=O)CCC(=O)N(c1cccc(OC)c1)c1c(C)cc(Br)cc1C. The van der Waals surface area contributed by atoms with E-state index < -0.39 is 5.97 Å². The van der Waals surface area contributed by atoms with Gasteiger partial charge in [-0.25, -0.2) is 0 Å². The molecule has 2 rings (SSSR count). The van der Waals surface area contributed by atoms with E-state index in [2.05, 4.69) is 20.7 Å². The number of carbonyl (C=O) groups excluding carboxylic acids is 2. The first kappa shape index (κ1) is 20.0. The van der Waals surface area contributed by atoms with Gasteiger partial charge in [-0.1, -0.05) is 22.0 Å². The van der Waals surface area contributed by atoms with E-state index >= 15 is 0 Å². The summed E-state index contributed by atoms with van der Waals surface area (Å²) in [5, 5.41) is 0. The van der Waals surface area contributed by atoms with E-state index in [-0.39, 0.29) is 18.7 Å². The molecule has 0 saturated heterocycles. The molecule has 0 aliphatic carbocycles. The summed E-state index contributed by atoms with van der Waals surface area (Å²) in [4.78, 5) is 26.1. The molecule has 5 nitrogen and oxygen atoms in total. The highest BCUT2D eigenvalue weighted by Gasteiger charge is 2.23. The third-order valence-corrected chi connectivity index (χ3v) is 4.47. The van der Waals surface area contributed by atoms with Crippen LogP contribution in [0.2, 0.25) is 0 Å². The summed E-state index contributed by atoms with van der Waals surface area (Å²) in [7, 11) is 2.90. The Bertz CT molecular complexity index is 796. The van der Waals surface area contributed by atoms with Gasteiger partial charge in [0, 0.05) is 17.0 Å². The van der Waals surface area contributed by atoms with Gasteiger partial charge in [-0.3, -0.25) is 14.5 Å². The summed E-state index contributed by atoms with van der Waals surface area (Å²) < 4.78 is 10.9. The molecule has 2 aromatic rings. The summed E-state index contributed by atoms with van der Waals surface area (Å²) in [6.07, 6.45) is 0.0866. The Morgan fingerprint density at radius 2 is 1.69 bits per heavy atom. The molecule has 0 saturated carbocycles. The predicted octanol–water partition coefficient (Wildman–Crippen LogP) is 4.69. The second-order valence-corrected chi connectivity index (χ2v) is 6.81. The minimum absolute atomic E-state index is 0.0322. The number of benzene rings is 2. The largest absolute Gasteiger partial charge is 0.497 e. The molecule has 138 valence electrons. The van der Waals surface area contributed by atoms with Crippen LogP contribution in [-0.2, 0) is 14.3 Å². The number of halogens is 1. The molecule has 6 heteroatoms. The van der Waals surface area contributed by atoms with Gasteiger partial charge in [0.2, 0.25) is 5.91 Å². The first-order chi connectivity index (χ1) is 12.4. The van der Waals surface area contributed by atoms with Crippen molar-refractivity contribution < 1.29 is 19.1 Å². The zero-order chi connectivity index (χ0) is 19.3. The Hall–Kier alpha value is -2.34. The number of methoxy groups -OCH3 is 2. The maximum absolute atomic E-state index is 13.0. The Balaban J connectivity index is 2.51. The summed E-state index contributed by atoms with van der Waals surface area (Å²) in [6.45, 7) is 3.90. The Kier molecular flexibility index (Phi) is 6.80. The molecule has 2 aromatic carbocycles. The highest BCUT2D eigenvalue weighted by Crippen LogP contribution is 2.35. The van der Waals surface area contributed by atoms with Crippen LogP contribution >= 0.6 is 15.9 Å². The molecular weight excluding hydrogens is 398 g/mol. The summed E-state index contributed by atoms with van der Waals surface area (Å²) in [5.41, 5.74) is 3.39. The first-order valence-electron chi connectivity index (χ1n) is 8.18. The van der Waals surface area contributed by atoms with E-state index in [4.69, 9.17) is 4.74 Å². The van der Waals surface area contributed by atoms with Crippen molar-refractivity contribution in [3.8, 4) is 5.75 Å². The van der Waals surface area contributed by atoms with Crippen LogP contribution in [-0.4, -0.2) is 26.1 Å². The van der Waals surface area contributed by atoms with Crippen LogP contribution in [0.1, 0.15) is 24.0 Å². The molecule has 1 amide bonds. The second-order valence-electron chi connectivity index (χ2n) is 5.89. The van der Waals surface area contributed by atoms with Crippen molar-refractivity contribution in [3.05, 3.63) is 52.0 Å². The zero-order valence-electron chi connectivity index (χ0n) is 15.3. The molecule has 0 spiro atoms. The number of ether oxygens (including phenoxy) is 2. The Labute approximate surface area is 162 Å². The van der Waals surface area contributed by atoms with Crippen LogP contribution in [0.3, 0.4) is 0 Å². The second kappa shape index (κ2) is 8.85. The van der Waals surface area contributed by atoms with Crippen molar-refractivity contribution in [1.29, 1.82) is 0 Å². The van der Waals surface area contributed by atoms with Gasteiger partial charge < -0.3 is 9.47 Å². The van der Waals surface area contributed by atoms with Crippen LogP contribution in [0.5, 0.6) is 5.75 Å². The fourth-order valence-corrected chi connectivity index (χ4v) is 3.51. The van der Waals surface area contributed by atoms with E-state index in [0.29, 0.717) is 11.4 Å². The van der Waals surface area contributed by atoms with Crippen molar-refractivity contribution in [3.63, 3.8) is 0 Å². The number of rotatable bonds is 6. The van der Waals surface area contributed by atoms with Gasteiger partial charge >= 0.3 is 5.97 Å². The lowest BCUT2D eigenvalue weighted by atomic mass is 10.1. The molecule has 0 aromatic heterocycles. The van der Waals surface area contributed by atoms with Crippen LogP contribution < -0.4 is 9.64 Å². The van der Waals surface area contributed by atoms with Gasteiger partial charge in [0.25, 0.3) is 0 Å². The molecule has 0 fully saturated rings. The third kappa shape index (κ3) is 4.64. The monoisotopic (exact) mass is 419 g/mol. The Morgan fingerprint density at radius 1 is 1.04 bits per heavy atom. The number of hydrogen-bond acceptors (Lipinski definition) is 4. The number of nitrogens with zero attached hydrogens (tertiary/aromatic N) is 1. The van der Waals surface area contributed by atoms with Gasteiger partial charge in [-0.05, 0) is 49.2 Å². The van der Waals surface area contributed by atoms with Gasteiger partial charge in [-0.2, -0.15) is 0 Å². The van der Waals surface area contributed by atoms with Gasteiger partial charge in [0.05, 0.1) is 32.0 Å². The maximum atomic E-state index is 13.0. The van der Waals surface area contributed by atoms with Gasteiger partial charge in [0.1, 0.15) is 5.75 Å². The molecule has 0 N–H and O–H groups in total. The number of esters is 1. The van der Waals surface area contributed by atoms with Crippen LogP contribution in [0, 0.1) is 13.8 Å². The highest BCUT2D eigenvalue weighted by atomic mass is 79.9. The number of anilines is 2. The number of hydrogen-bond donors (Lipinski definition) is 0. The Morgan fingerprint density at radius 3 is 2.27 bits per heavy atom. The maximum Gasteiger partial charge on any atom is 0.306 e. The molecule has 26 heavy (non-hydrogen) atoms. The quantitative estimate of drug-likeness (QED) is 0.637. The molecular formula is C20H22BrNO4. The van der Waals surface area contributed by atoms with Crippen molar-refractivity contribution >= 4 is 39.2 Å². The van der Waals surface area contributed by atoms with Crippen molar-refractivity contribution in [2.45, 2.75) is 26.7 Å². The van der Waals surface area contributed by atoms with Crippen LogP contribution in [0.25, 0.3) is 0 Å². The number of amides is 1. The lowest BCUT2D eigenvalue weighted by Crippen LogP contribution is -2.28. The summed E-state index contributed by atoms with van der Waals surface area (Å²) >= 11 is 3.49. The molecule has 0 radical (unpaired) electrons. The van der Waals surface area contributed by atoms with Crippen molar-refractivity contribution in [2.75, 3.05) is 19.1 Å². The normalized spacial score (nSPS) is 10.3. The van der Waals surface area contributed by atoms with Crippen molar-refractivity contribution in [2.24, 2.45) is 0 Å². The van der Waals surface area contributed by atoms with Crippen molar-refractivity contribution in [1.82, 2.24) is 0 Å². The molecule has 0 heterocycles. The van der Waals surface area contributed by atoms with E-state index in [1.165, 1.54) is 7.11 Å². The first-order valence-corrected chi connectivity index (χ1v) is 8.97. The summed E-state index contributed by atoms with van der Waals surface area (Å²) in [5.74, 6) is 0.0612. The standard InChI is InChI=1S/C20H22BrNO4/c1-13-10-15(21)11-14(2)20(13)22(18(23)8-9-19(24)26-4)16-6-5-7-17(12-16)25-3/h5-7,10-12H,8-9H2,1-4H3. The van der Waals surface area contributed by atoms with Gasteiger partial charge in [0.15, 0.2) is 0 Å². The van der Waals surface area contributed by atoms with Crippen LogP contribution in [0.4, 0.5) is 11.4 Å². The minimum Gasteiger partial charge on any atom is -0.497 e. The average Bonchev–Trinajstić information content (AvgIpc) is 2.62. The average molecular weight is 420 g/mol. The molecule has 0 unspecified atom stereocenters. The molecule has 0 aliphatic rings. The third-order valence-electron chi connectivity index (χ3n) is 4.01. The smallest absolute Gasteiger partial charge is 0.306 e. The lowest BCUT2D eigenvalue weighted by molar-refractivity contribution is -0.141. The predicted molar refractivity (Wildman–Crippen MR) is 105 cm³/mol. The lowest BCUT2D eigenvalue weighted by Gasteiger charge is -2.27. The number of carbonyl (C=O) groups is 2. The van der Waals surface area contributed by atoms with Gasteiger partial charge in [-0.15, -0.1) is 0 Å².